The second-order valence-electron chi connectivity index (χ2n) is 7.76. The Morgan fingerprint density at radius 1 is 1.04 bits per heavy atom. The number of benzene rings is 2. The number of rotatable bonds is 4. The molecule has 0 saturated carbocycles. The average Bonchev–Trinajstić information content (AvgIpc) is 3.02. The Kier molecular flexibility index (Phi) is 5.24. The number of nitrogens with zero attached hydrogens (tertiary/aromatic N) is 1. The molecule has 27 heavy (non-hydrogen) atoms. The molecule has 0 aliphatic heterocycles. The second kappa shape index (κ2) is 7.31. The third-order valence-corrected chi connectivity index (χ3v) is 6.01. The number of imidazole rings is 1. The zero-order chi connectivity index (χ0) is 19.8. The van der Waals surface area contributed by atoms with Gasteiger partial charge in [0.15, 0.2) is 5.03 Å². The highest BCUT2D eigenvalue weighted by Gasteiger charge is 2.19. The minimum absolute atomic E-state index is 0.0666. The number of H-pyrrole nitrogens is 1. The summed E-state index contributed by atoms with van der Waals surface area (Å²) in [6, 6.07) is 13.9. The number of ether oxygens (including phenoxy) is 1. The number of aromatic nitrogens is 2. The molecule has 0 bridgehead atoms. The number of nitrogens with one attached hydrogen (secondary N) is 1. The third-order valence-electron chi connectivity index (χ3n) is 4.56. The van der Waals surface area contributed by atoms with Gasteiger partial charge in [-0.1, -0.05) is 44.5 Å². The third kappa shape index (κ3) is 3.98. The van der Waals surface area contributed by atoms with Crippen LogP contribution in [0.4, 0.5) is 0 Å². The number of hydrogen-bond donors (Lipinski definition) is 1. The van der Waals surface area contributed by atoms with Crippen LogP contribution in [0.25, 0.3) is 11.4 Å². The summed E-state index contributed by atoms with van der Waals surface area (Å²) in [5.74, 6) is 1.41. The summed E-state index contributed by atoms with van der Waals surface area (Å²) in [5.41, 5.74) is 4.06. The van der Waals surface area contributed by atoms with E-state index in [0.717, 1.165) is 27.5 Å². The molecule has 3 aromatic rings. The molecule has 3 rings (SSSR count). The molecule has 5 heteroatoms. The summed E-state index contributed by atoms with van der Waals surface area (Å²) in [6.45, 7) is 10.4. The molecule has 1 aromatic heterocycles. The molecular weight excluding hydrogens is 356 g/mol. The highest BCUT2D eigenvalue weighted by Crippen LogP contribution is 2.31. The van der Waals surface area contributed by atoms with Gasteiger partial charge in [-0.15, -0.1) is 0 Å². The van der Waals surface area contributed by atoms with Crippen molar-refractivity contribution in [3.63, 3.8) is 0 Å². The van der Waals surface area contributed by atoms with Crippen molar-refractivity contribution >= 4 is 10.8 Å². The van der Waals surface area contributed by atoms with Crippen LogP contribution < -0.4 is 4.74 Å². The highest BCUT2D eigenvalue weighted by atomic mass is 32.2. The van der Waals surface area contributed by atoms with E-state index in [1.807, 2.05) is 56.3 Å². The van der Waals surface area contributed by atoms with Crippen LogP contribution >= 0.6 is 0 Å². The molecule has 0 aliphatic rings. The standard InChI is InChI=1S/C22H26N2O2S/c1-14-7-12-19(26-6)18(13-14)20-23-15(2)21(24-20)27(25)17-10-8-16(9-11-17)22(3,4)5/h7-13H,1-6H3,(H,23,24). The van der Waals surface area contributed by atoms with Crippen molar-refractivity contribution in [2.45, 2.75) is 50.0 Å². The van der Waals surface area contributed by atoms with Crippen LogP contribution in [-0.2, 0) is 16.2 Å². The lowest BCUT2D eigenvalue weighted by atomic mass is 9.87. The fourth-order valence-electron chi connectivity index (χ4n) is 2.95. The molecule has 1 heterocycles. The van der Waals surface area contributed by atoms with Gasteiger partial charge < -0.3 is 9.72 Å². The van der Waals surface area contributed by atoms with Gasteiger partial charge in [0.05, 0.1) is 12.7 Å². The van der Waals surface area contributed by atoms with Gasteiger partial charge in [0.2, 0.25) is 0 Å². The molecular formula is C22H26N2O2S. The van der Waals surface area contributed by atoms with E-state index in [9.17, 15) is 4.21 Å². The molecule has 0 aliphatic carbocycles. The molecule has 142 valence electrons. The van der Waals surface area contributed by atoms with Crippen LogP contribution in [0.2, 0.25) is 0 Å². The van der Waals surface area contributed by atoms with Crippen molar-refractivity contribution in [3.05, 3.63) is 59.3 Å². The predicted octanol–water partition coefficient (Wildman–Crippen LogP) is 5.17. The number of methoxy groups -OCH3 is 1. The first kappa shape index (κ1) is 19.4. The minimum Gasteiger partial charge on any atom is -0.496 e. The average molecular weight is 383 g/mol. The Labute approximate surface area is 163 Å². The number of aromatic amines is 1. The summed E-state index contributed by atoms with van der Waals surface area (Å²) >= 11 is 0. The highest BCUT2D eigenvalue weighted by molar-refractivity contribution is 7.85. The van der Waals surface area contributed by atoms with Crippen LogP contribution in [0.1, 0.15) is 37.6 Å². The zero-order valence-corrected chi connectivity index (χ0v) is 17.5. The SMILES string of the molecule is COc1ccc(C)cc1-c1nc(S(=O)c2ccc(C(C)(C)C)cc2)c(C)[nH]1. The molecule has 0 radical (unpaired) electrons. The van der Waals surface area contributed by atoms with Crippen LogP contribution in [0.15, 0.2) is 52.4 Å². The van der Waals surface area contributed by atoms with Crippen LogP contribution in [-0.4, -0.2) is 21.3 Å². The Balaban J connectivity index is 1.97. The van der Waals surface area contributed by atoms with Crippen LogP contribution in [0, 0.1) is 13.8 Å². The van der Waals surface area contributed by atoms with Crippen molar-refractivity contribution < 1.29 is 8.95 Å². The minimum atomic E-state index is -1.34. The molecule has 1 atom stereocenters. The molecule has 1 unspecified atom stereocenters. The quantitative estimate of drug-likeness (QED) is 0.677. The first-order valence-corrected chi connectivity index (χ1v) is 10.1. The predicted molar refractivity (Wildman–Crippen MR) is 110 cm³/mol. The molecule has 0 fully saturated rings. The first-order chi connectivity index (χ1) is 12.7. The zero-order valence-electron chi connectivity index (χ0n) is 16.7. The maximum atomic E-state index is 13.1. The Morgan fingerprint density at radius 2 is 1.70 bits per heavy atom. The Hall–Kier alpha value is -2.40. The summed E-state index contributed by atoms with van der Waals surface area (Å²) in [7, 11) is 0.295. The van der Waals surface area contributed by atoms with Crippen LogP contribution in [0.5, 0.6) is 5.75 Å². The van der Waals surface area contributed by atoms with E-state index in [2.05, 4.69) is 30.7 Å². The van der Waals surface area contributed by atoms with E-state index < -0.39 is 10.8 Å². The summed E-state index contributed by atoms with van der Waals surface area (Å²) in [4.78, 5) is 8.66. The van der Waals surface area contributed by atoms with E-state index >= 15 is 0 Å². The Bertz CT molecular complexity index is 983. The maximum Gasteiger partial charge on any atom is 0.153 e. The van der Waals surface area contributed by atoms with E-state index in [-0.39, 0.29) is 5.41 Å². The maximum absolute atomic E-state index is 13.1. The number of aryl methyl sites for hydroxylation is 2. The first-order valence-electron chi connectivity index (χ1n) is 8.94. The van der Waals surface area contributed by atoms with Gasteiger partial charge in [-0.3, -0.25) is 0 Å². The van der Waals surface area contributed by atoms with Crippen molar-refractivity contribution in [2.24, 2.45) is 0 Å². The Morgan fingerprint density at radius 3 is 2.30 bits per heavy atom. The second-order valence-corrected chi connectivity index (χ2v) is 9.16. The van der Waals surface area contributed by atoms with Gasteiger partial charge in [0, 0.05) is 10.6 Å². The van der Waals surface area contributed by atoms with E-state index in [0.29, 0.717) is 10.9 Å². The molecule has 0 spiro atoms. The van der Waals surface area contributed by atoms with Gasteiger partial charge in [-0.05, 0) is 49.1 Å². The number of hydrogen-bond acceptors (Lipinski definition) is 3. The van der Waals surface area contributed by atoms with Gasteiger partial charge in [-0.2, -0.15) is 0 Å². The van der Waals surface area contributed by atoms with Crippen molar-refractivity contribution in [1.82, 2.24) is 9.97 Å². The van der Waals surface area contributed by atoms with Gasteiger partial charge in [-0.25, -0.2) is 9.19 Å². The lowest BCUT2D eigenvalue weighted by molar-refractivity contribution is 0.416. The smallest absolute Gasteiger partial charge is 0.153 e. The van der Waals surface area contributed by atoms with E-state index in [4.69, 9.17) is 4.74 Å². The van der Waals surface area contributed by atoms with Gasteiger partial charge in [0.25, 0.3) is 0 Å². The van der Waals surface area contributed by atoms with Crippen molar-refractivity contribution in [2.75, 3.05) is 7.11 Å². The summed E-state index contributed by atoms with van der Waals surface area (Å²) < 4.78 is 18.5. The molecule has 1 N–H and O–H groups in total. The summed E-state index contributed by atoms with van der Waals surface area (Å²) in [5, 5.41) is 0.553. The molecule has 4 nitrogen and oxygen atoms in total. The van der Waals surface area contributed by atoms with E-state index in [1.165, 1.54) is 5.56 Å². The monoisotopic (exact) mass is 382 g/mol. The van der Waals surface area contributed by atoms with Crippen LogP contribution in [0.3, 0.4) is 0 Å². The van der Waals surface area contributed by atoms with Crippen molar-refractivity contribution in [1.29, 1.82) is 0 Å². The topological polar surface area (TPSA) is 55.0 Å². The lowest BCUT2D eigenvalue weighted by Gasteiger charge is -2.18. The molecule has 0 amide bonds. The lowest BCUT2D eigenvalue weighted by Crippen LogP contribution is -2.10. The van der Waals surface area contributed by atoms with Gasteiger partial charge in [0.1, 0.15) is 22.4 Å². The normalized spacial score (nSPS) is 12.8. The fourth-order valence-corrected chi connectivity index (χ4v) is 4.06. The largest absolute Gasteiger partial charge is 0.496 e. The van der Waals surface area contributed by atoms with Gasteiger partial charge >= 0.3 is 0 Å². The molecule has 0 saturated heterocycles. The van der Waals surface area contributed by atoms with E-state index in [1.54, 1.807) is 7.11 Å². The fraction of sp³-hybridized carbons (Fsp3) is 0.318. The summed E-state index contributed by atoms with van der Waals surface area (Å²) in [6.07, 6.45) is 0. The molecule has 2 aromatic carbocycles. The van der Waals surface area contributed by atoms with Crippen molar-refractivity contribution in [3.8, 4) is 17.1 Å².